The summed E-state index contributed by atoms with van der Waals surface area (Å²) in [7, 11) is -2.28. The average Bonchev–Trinajstić information content (AvgIpc) is 2.43. The maximum absolute atomic E-state index is 12.6. The Kier molecular flexibility index (Phi) is 4.43. The van der Waals surface area contributed by atoms with Gasteiger partial charge in [-0.3, -0.25) is 4.72 Å². The van der Waals surface area contributed by atoms with Gasteiger partial charge < -0.3 is 10.5 Å². The van der Waals surface area contributed by atoms with E-state index >= 15 is 0 Å². The summed E-state index contributed by atoms with van der Waals surface area (Å²) in [5.74, 6) is 0.446. The average molecular weight is 371 g/mol. The van der Waals surface area contributed by atoms with Crippen molar-refractivity contribution < 1.29 is 13.2 Å². The normalized spacial score (nSPS) is 11.2. The second-order valence-corrected chi connectivity index (χ2v) is 6.99. The van der Waals surface area contributed by atoms with E-state index in [2.05, 4.69) is 20.7 Å². The number of halogens is 1. The van der Waals surface area contributed by atoms with Crippen LogP contribution in [0.5, 0.6) is 5.75 Å². The van der Waals surface area contributed by atoms with E-state index in [-0.39, 0.29) is 4.90 Å². The van der Waals surface area contributed by atoms with Crippen LogP contribution in [-0.2, 0) is 10.0 Å². The van der Waals surface area contributed by atoms with Crippen molar-refractivity contribution in [2.24, 2.45) is 0 Å². The van der Waals surface area contributed by atoms with Crippen molar-refractivity contribution >= 4 is 37.3 Å². The molecular formula is C14H15BrN2O3S. The number of rotatable bonds is 4. The fraction of sp³-hybridized carbons (Fsp3) is 0.143. The first-order valence-electron chi connectivity index (χ1n) is 6.06. The molecule has 0 radical (unpaired) electrons. The zero-order valence-corrected chi connectivity index (χ0v) is 14.0. The molecule has 0 aliphatic heterocycles. The zero-order chi connectivity index (χ0) is 15.6. The predicted molar refractivity (Wildman–Crippen MR) is 87.1 cm³/mol. The third-order valence-electron chi connectivity index (χ3n) is 3.01. The number of sulfonamides is 1. The number of benzene rings is 2. The molecule has 2 aromatic carbocycles. The van der Waals surface area contributed by atoms with E-state index in [1.54, 1.807) is 37.3 Å². The van der Waals surface area contributed by atoms with Crippen molar-refractivity contribution in [1.29, 1.82) is 0 Å². The highest BCUT2D eigenvalue weighted by Crippen LogP contribution is 2.30. The van der Waals surface area contributed by atoms with Crippen LogP contribution in [0.1, 0.15) is 5.56 Å². The zero-order valence-electron chi connectivity index (χ0n) is 11.6. The number of nitrogens with one attached hydrogen (secondary N) is 1. The molecule has 0 unspecified atom stereocenters. The number of methoxy groups -OCH3 is 1. The minimum absolute atomic E-state index is 0.125. The Hall–Kier alpha value is -1.73. The molecule has 7 heteroatoms. The van der Waals surface area contributed by atoms with Gasteiger partial charge in [0.25, 0.3) is 10.0 Å². The third kappa shape index (κ3) is 3.30. The van der Waals surface area contributed by atoms with E-state index in [0.29, 0.717) is 27.2 Å². The van der Waals surface area contributed by atoms with Gasteiger partial charge in [-0.15, -0.1) is 0 Å². The Bertz CT molecular complexity index is 776. The van der Waals surface area contributed by atoms with Crippen LogP contribution in [0.3, 0.4) is 0 Å². The molecule has 0 amide bonds. The minimum Gasteiger partial charge on any atom is -0.495 e. The molecule has 2 aromatic rings. The van der Waals surface area contributed by atoms with E-state index < -0.39 is 10.0 Å². The summed E-state index contributed by atoms with van der Waals surface area (Å²) in [5, 5.41) is 0. The smallest absolute Gasteiger partial charge is 0.262 e. The molecule has 0 bridgehead atoms. The van der Waals surface area contributed by atoms with Crippen LogP contribution >= 0.6 is 15.9 Å². The summed E-state index contributed by atoms with van der Waals surface area (Å²) < 4.78 is 33.4. The summed E-state index contributed by atoms with van der Waals surface area (Å²) in [6.45, 7) is 1.67. The van der Waals surface area contributed by atoms with Gasteiger partial charge in [0.15, 0.2) is 0 Å². The third-order valence-corrected chi connectivity index (χ3v) is 4.96. The summed E-state index contributed by atoms with van der Waals surface area (Å²) in [5.41, 5.74) is 7.10. The molecule has 21 heavy (non-hydrogen) atoms. The van der Waals surface area contributed by atoms with E-state index in [1.165, 1.54) is 13.2 Å². The number of para-hydroxylation sites is 2. The van der Waals surface area contributed by atoms with E-state index in [1.807, 2.05) is 0 Å². The molecular weight excluding hydrogens is 356 g/mol. The van der Waals surface area contributed by atoms with Crippen molar-refractivity contribution in [2.75, 3.05) is 17.6 Å². The molecule has 0 heterocycles. The first-order chi connectivity index (χ1) is 9.85. The monoisotopic (exact) mass is 370 g/mol. The van der Waals surface area contributed by atoms with E-state index in [9.17, 15) is 8.42 Å². The maximum atomic E-state index is 12.6. The molecule has 112 valence electrons. The Morgan fingerprint density at radius 1 is 1.24 bits per heavy atom. The number of nitrogens with two attached hydrogens (primary N) is 1. The van der Waals surface area contributed by atoms with Crippen LogP contribution in [0.4, 0.5) is 11.4 Å². The van der Waals surface area contributed by atoms with Crippen LogP contribution in [0, 0.1) is 6.92 Å². The Labute approximate surface area is 132 Å². The second-order valence-electron chi connectivity index (χ2n) is 4.42. The van der Waals surface area contributed by atoms with Crippen molar-refractivity contribution in [3.63, 3.8) is 0 Å². The molecule has 0 spiro atoms. The lowest BCUT2D eigenvalue weighted by atomic mass is 10.2. The second kappa shape index (κ2) is 5.95. The van der Waals surface area contributed by atoms with Gasteiger partial charge in [-0.05, 0) is 36.8 Å². The van der Waals surface area contributed by atoms with E-state index in [4.69, 9.17) is 10.5 Å². The van der Waals surface area contributed by atoms with Gasteiger partial charge in [0.05, 0.1) is 17.7 Å². The van der Waals surface area contributed by atoms with Gasteiger partial charge >= 0.3 is 0 Å². The van der Waals surface area contributed by atoms with Gasteiger partial charge in [0.2, 0.25) is 0 Å². The summed E-state index contributed by atoms with van der Waals surface area (Å²) in [6, 6.07) is 9.98. The number of nitrogen functional groups attached to an aromatic ring is 1. The molecule has 0 aromatic heterocycles. The van der Waals surface area contributed by atoms with Crippen LogP contribution in [0.15, 0.2) is 45.8 Å². The molecule has 0 saturated carbocycles. The summed E-state index contributed by atoms with van der Waals surface area (Å²) >= 11 is 3.26. The highest BCUT2D eigenvalue weighted by atomic mass is 79.9. The predicted octanol–water partition coefficient (Wildman–Crippen LogP) is 3.15. The topological polar surface area (TPSA) is 81.4 Å². The van der Waals surface area contributed by atoms with Gasteiger partial charge in [-0.25, -0.2) is 8.42 Å². The largest absolute Gasteiger partial charge is 0.495 e. The fourth-order valence-electron chi connectivity index (χ4n) is 1.88. The molecule has 0 atom stereocenters. The fourth-order valence-corrected chi connectivity index (χ4v) is 3.88. The number of hydrogen-bond acceptors (Lipinski definition) is 4. The Morgan fingerprint density at radius 2 is 1.90 bits per heavy atom. The molecule has 0 saturated heterocycles. The Balaban J connectivity index is 2.49. The van der Waals surface area contributed by atoms with Crippen molar-refractivity contribution in [3.8, 4) is 5.75 Å². The molecule has 0 aliphatic carbocycles. The van der Waals surface area contributed by atoms with Crippen molar-refractivity contribution in [1.82, 2.24) is 0 Å². The number of anilines is 2. The molecule has 5 nitrogen and oxygen atoms in total. The Morgan fingerprint density at radius 3 is 2.57 bits per heavy atom. The summed E-state index contributed by atoms with van der Waals surface area (Å²) in [6.07, 6.45) is 0. The molecule has 0 aliphatic rings. The molecule has 0 fully saturated rings. The van der Waals surface area contributed by atoms with Crippen LogP contribution in [-0.4, -0.2) is 15.5 Å². The number of hydrogen-bond donors (Lipinski definition) is 2. The highest BCUT2D eigenvalue weighted by molar-refractivity contribution is 9.10. The quantitative estimate of drug-likeness (QED) is 0.809. The standard InChI is InChI=1S/C14H15BrN2O3S/c1-9-11(16)7-10(15)8-14(9)21(18,19)17-12-5-3-4-6-13(12)20-2/h3-8,17H,16H2,1-2H3. The van der Waals surface area contributed by atoms with Gasteiger partial charge in [0.1, 0.15) is 5.75 Å². The van der Waals surface area contributed by atoms with Gasteiger partial charge in [-0.1, -0.05) is 28.1 Å². The highest BCUT2D eigenvalue weighted by Gasteiger charge is 2.20. The first-order valence-corrected chi connectivity index (χ1v) is 8.34. The van der Waals surface area contributed by atoms with Crippen LogP contribution < -0.4 is 15.2 Å². The van der Waals surface area contributed by atoms with Crippen LogP contribution in [0.2, 0.25) is 0 Å². The van der Waals surface area contributed by atoms with Crippen molar-refractivity contribution in [3.05, 3.63) is 46.4 Å². The number of ether oxygens (including phenoxy) is 1. The van der Waals surface area contributed by atoms with E-state index in [0.717, 1.165) is 0 Å². The molecule has 2 rings (SSSR count). The lowest BCUT2D eigenvalue weighted by Crippen LogP contribution is -2.15. The lowest BCUT2D eigenvalue weighted by molar-refractivity contribution is 0.417. The van der Waals surface area contributed by atoms with Crippen molar-refractivity contribution in [2.45, 2.75) is 11.8 Å². The first kappa shape index (κ1) is 15.7. The lowest BCUT2D eigenvalue weighted by Gasteiger charge is -2.14. The SMILES string of the molecule is COc1ccccc1NS(=O)(=O)c1cc(Br)cc(N)c1C. The van der Waals surface area contributed by atoms with Gasteiger partial charge in [-0.2, -0.15) is 0 Å². The maximum Gasteiger partial charge on any atom is 0.262 e. The summed E-state index contributed by atoms with van der Waals surface area (Å²) in [4.78, 5) is 0.125. The van der Waals surface area contributed by atoms with Gasteiger partial charge in [0, 0.05) is 10.2 Å². The minimum atomic E-state index is -3.76. The van der Waals surface area contributed by atoms with Crippen LogP contribution in [0.25, 0.3) is 0 Å². The molecule has 3 N–H and O–H groups in total.